The Balaban J connectivity index is 2.00. The molecule has 1 aromatic rings. The Labute approximate surface area is 126 Å². The lowest BCUT2D eigenvalue weighted by Crippen LogP contribution is -2.54. The third kappa shape index (κ3) is 3.60. The zero-order chi connectivity index (χ0) is 15.4. The molecule has 2 N–H and O–H groups in total. The standard InChI is InChI=1S/C14H18N2O4S/c1-9(15-12(17)11-6-4-8-21-11)13(18)16-7-3-2-5-10(16)14(19)20/h4,6,8-10H,2-3,5,7H2,1H3,(H,15,17)(H,19,20)/t9?,10-/m0/s1. The topological polar surface area (TPSA) is 86.7 Å². The summed E-state index contributed by atoms with van der Waals surface area (Å²) in [6.45, 7) is 2.01. The quantitative estimate of drug-likeness (QED) is 0.878. The molecule has 2 amide bonds. The maximum Gasteiger partial charge on any atom is 0.326 e. The van der Waals surface area contributed by atoms with Crippen LogP contribution in [-0.4, -0.2) is 46.4 Å². The third-order valence-electron chi connectivity index (χ3n) is 3.53. The zero-order valence-electron chi connectivity index (χ0n) is 11.7. The lowest BCUT2D eigenvalue weighted by atomic mass is 10.0. The molecule has 2 heterocycles. The van der Waals surface area contributed by atoms with E-state index in [2.05, 4.69) is 5.32 Å². The van der Waals surface area contributed by atoms with E-state index < -0.39 is 18.1 Å². The molecular formula is C14H18N2O4S. The average molecular weight is 310 g/mol. The first-order valence-corrected chi connectivity index (χ1v) is 7.76. The number of amides is 2. The predicted molar refractivity (Wildman–Crippen MR) is 78.2 cm³/mol. The van der Waals surface area contributed by atoms with Crippen molar-refractivity contribution < 1.29 is 19.5 Å². The number of nitrogens with one attached hydrogen (secondary N) is 1. The average Bonchev–Trinajstić information content (AvgIpc) is 3.00. The Kier molecular flexibility index (Phi) is 4.95. The molecule has 7 heteroatoms. The molecule has 0 aliphatic carbocycles. The molecule has 2 rings (SSSR count). The molecule has 1 aliphatic rings. The van der Waals surface area contributed by atoms with Crippen LogP contribution in [0.3, 0.4) is 0 Å². The van der Waals surface area contributed by atoms with E-state index in [4.69, 9.17) is 0 Å². The number of carbonyl (C=O) groups is 3. The highest BCUT2D eigenvalue weighted by Gasteiger charge is 2.34. The highest BCUT2D eigenvalue weighted by molar-refractivity contribution is 7.12. The van der Waals surface area contributed by atoms with E-state index in [0.29, 0.717) is 17.8 Å². The normalized spacial score (nSPS) is 19.9. The van der Waals surface area contributed by atoms with Gasteiger partial charge in [-0.1, -0.05) is 6.07 Å². The number of piperidine rings is 1. The van der Waals surface area contributed by atoms with Crippen molar-refractivity contribution in [3.63, 3.8) is 0 Å². The molecule has 0 bridgehead atoms. The maximum atomic E-state index is 12.4. The Hall–Kier alpha value is -1.89. The van der Waals surface area contributed by atoms with Gasteiger partial charge in [0.05, 0.1) is 4.88 Å². The highest BCUT2D eigenvalue weighted by atomic mass is 32.1. The fraction of sp³-hybridized carbons (Fsp3) is 0.500. The van der Waals surface area contributed by atoms with Gasteiger partial charge < -0.3 is 15.3 Å². The monoisotopic (exact) mass is 310 g/mol. The van der Waals surface area contributed by atoms with Gasteiger partial charge in [0.1, 0.15) is 12.1 Å². The summed E-state index contributed by atoms with van der Waals surface area (Å²) in [6, 6.07) is 1.92. The van der Waals surface area contributed by atoms with Gasteiger partial charge in [-0.25, -0.2) is 4.79 Å². The lowest BCUT2D eigenvalue weighted by Gasteiger charge is -2.34. The molecule has 1 aliphatic heterocycles. The van der Waals surface area contributed by atoms with Crippen molar-refractivity contribution in [2.45, 2.75) is 38.3 Å². The highest BCUT2D eigenvalue weighted by Crippen LogP contribution is 2.18. The molecule has 1 fully saturated rings. The maximum absolute atomic E-state index is 12.4. The summed E-state index contributed by atoms with van der Waals surface area (Å²) < 4.78 is 0. The van der Waals surface area contributed by atoms with Crippen LogP contribution >= 0.6 is 11.3 Å². The van der Waals surface area contributed by atoms with E-state index in [1.54, 1.807) is 24.4 Å². The van der Waals surface area contributed by atoms with Crippen LogP contribution in [0, 0.1) is 0 Å². The Bertz CT molecular complexity index is 529. The molecule has 1 unspecified atom stereocenters. The molecule has 0 saturated carbocycles. The van der Waals surface area contributed by atoms with Crippen LogP contribution in [0.5, 0.6) is 0 Å². The fourth-order valence-electron chi connectivity index (χ4n) is 2.44. The summed E-state index contributed by atoms with van der Waals surface area (Å²) in [5.74, 6) is -1.64. The van der Waals surface area contributed by atoms with Crippen molar-refractivity contribution in [1.29, 1.82) is 0 Å². The van der Waals surface area contributed by atoms with Crippen molar-refractivity contribution in [3.05, 3.63) is 22.4 Å². The Morgan fingerprint density at radius 1 is 1.43 bits per heavy atom. The molecular weight excluding hydrogens is 292 g/mol. The second-order valence-electron chi connectivity index (χ2n) is 5.05. The van der Waals surface area contributed by atoms with E-state index in [1.807, 2.05) is 0 Å². The summed E-state index contributed by atoms with van der Waals surface area (Å²) in [6.07, 6.45) is 2.06. The van der Waals surface area contributed by atoms with Crippen molar-refractivity contribution >= 4 is 29.1 Å². The summed E-state index contributed by atoms with van der Waals surface area (Å²) in [5, 5.41) is 13.6. The number of thiophene rings is 1. The summed E-state index contributed by atoms with van der Waals surface area (Å²) in [4.78, 5) is 37.4. The van der Waals surface area contributed by atoms with Gasteiger partial charge in [0, 0.05) is 6.54 Å². The van der Waals surface area contributed by atoms with Gasteiger partial charge in [0.25, 0.3) is 5.91 Å². The van der Waals surface area contributed by atoms with E-state index in [9.17, 15) is 19.5 Å². The fourth-order valence-corrected chi connectivity index (χ4v) is 3.06. The minimum atomic E-state index is -0.986. The summed E-state index contributed by atoms with van der Waals surface area (Å²) in [7, 11) is 0. The summed E-state index contributed by atoms with van der Waals surface area (Å²) in [5.41, 5.74) is 0. The third-order valence-corrected chi connectivity index (χ3v) is 4.40. The number of hydrogen-bond donors (Lipinski definition) is 2. The molecule has 2 atom stereocenters. The first kappa shape index (κ1) is 15.5. The number of likely N-dealkylation sites (tertiary alicyclic amines) is 1. The van der Waals surface area contributed by atoms with E-state index >= 15 is 0 Å². The van der Waals surface area contributed by atoms with Gasteiger partial charge in [-0.05, 0) is 37.6 Å². The molecule has 1 aromatic heterocycles. The number of hydrogen-bond acceptors (Lipinski definition) is 4. The summed E-state index contributed by atoms with van der Waals surface area (Å²) >= 11 is 1.29. The van der Waals surface area contributed by atoms with E-state index in [1.165, 1.54) is 16.2 Å². The van der Waals surface area contributed by atoms with Crippen molar-refractivity contribution in [1.82, 2.24) is 10.2 Å². The molecule has 21 heavy (non-hydrogen) atoms. The van der Waals surface area contributed by atoms with Crippen LogP contribution in [-0.2, 0) is 9.59 Å². The van der Waals surface area contributed by atoms with Crippen LogP contribution in [0.2, 0.25) is 0 Å². The molecule has 0 radical (unpaired) electrons. The Morgan fingerprint density at radius 2 is 2.19 bits per heavy atom. The van der Waals surface area contributed by atoms with Crippen LogP contribution in [0.4, 0.5) is 0 Å². The van der Waals surface area contributed by atoms with Gasteiger partial charge in [-0.15, -0.1) is 11.3 Å². The smallest absolute Gasteiger partial charge is 0.326 e. The SMILES string of the molecule is CC(NC(=O)c1cccs1)C(=O)N1CCCC[C@H]1C(=O)O. The van der Waals surface area contributed by atoms with Gasteiger partial charge in [-0.2, -0.15) is 0 Å². The van der Waals surface area contributed by atoms with Crippen molar-refractivity contribution in [2.75, 3.05) is 6.54 Å². The number of carboxylic acids is 1. The van der Waals surface area contributed by atoms with Crippen LogP contribution in [0.15, 0.2) is 17.5 Å². The molecule has 0 aromatic carbocycles. The number of nitrogens with zero attached hydrogens (tertiary/aromatic N) is 1. The lowest BCUT2D eigenvalue weighted by molar-refractivity contribution is -0.152. The number of carbonyl (C=O) groups excluding carboxylic acids is 2. The van der Waals surface area contributed by atoms with Crippen LogP contribution < -0.4 is 5.32 Å². The molecule has 0 spiro atoms. The van der Waals surface area contributed by atoms with Gasteiger partial charge in [0.2, 0.25) is 5.91 Å². The second kappa shape index (κ2) is 6.71. The van der Waals surface area contributed by atoms with E-state index in [0.717, 1.165) is 12.8 Å². The number of aliphatic carboxylic acids is 1. The van der Waals surface area contributed by atoms with Gasteiger partial charge >= 0.3 is 5.97 Å². The van der Waals surface area contributed by atoms with Crippen molar-refractivity contribution in [3.8, 4) is 0 Å². The van der Waals surface area contributed by atoms with Gasteiger partial charge in [0.15, 0.2) is 0 Å². The first-order valence-electron chi connectivity index (χ1n) is 6.88. The minimum Gasteiger partial charge on any atom is -0.480 e. The second-order valence-corrected chi connectivity index (χ2v) is 6.00. The van der Waals surface area contributed by atoms with Crippen LogP contribution in [0.1, 0.15) is 35.9 Å². The molecule has 1 saturated heterocycles. The minimum absolute atomic E-state index is 0.310. The van der Waals surface area contributed by atoms with Crippen molar-refractivity contribution in [2.24, 2.45) is 0 Å². The van der Waals surface area contributed by atoms with E-state index in [-0.39, 0.29) is 11.8 Å². The number of carboxylic acid groups (broad SMARTS) is 1. The first-order chi connectivity index (χ1) is 10.0. The predicted octanol–water partition coefficient (Wildman–Crippen LogP) is 1.33. The number of rotatable bonds is 4. The Morgan fingerprint density at radius 3 is 2.81 bits per heavy atom. The molecule has 114 valence electrons. The zero-order valence-corrected chi connectivity index (χ0v) is 12.6. The van der Waals surface area contributed by atoms with Crippen LogP contribution in [0.25, 0.3) is 0 Å². The van der Waals surface area contributed by atoms with Gasteiger partial charge in [-0.3, -0.25) is 9.59 Å². The molecule has 6 nitrogen and oxygen atoms in total. The largest absolute Gasteiger partial charge is 0.480 e.